The average molecular weight is 385 g/mol. The predicted octanol–water partition coefficient (Wildman–Crippen LogP) is 4.72. The normalized spacial score (nSPS) is 10.9. The fraction of sp³-hybridized carbons (Fsp3) is 0.364. The number of benzene rings is 2. The fourth-order valence-corrected chi connectivity index (χ4v) is 2.50. The fourth-order valence-electron chi connectivity index (χ4n) is 2.50. The van der Waals surface area contributed by atoms with Gasteiger partial charge in [-0.2, -0.15) is 0 Å². The summed E-state index contributed by atoms with van der Waals surface area (Å²) in [7, 11) is 0. The second-order valence-corrected chi connectivity index (χ2v) is 7.18. The Labute approximate surface area is 165 Å². The molecule has 2 rings (SSSR count). The topological polar surface area (TPSA) is 73.9 Å². The maximum atomic E-state index is 12.2. The standard InChI is InChI=1S/C22H27NO5/c1-5-26-19(24)14-17-12-9-13-18(23-21(25)28-22(2,3)4)20(17)27-15-16-10-7-6-8-11-16/h6-13H,5,14-15H2,1-4H3,(H,23,25). The van der Waals surface area contributed by atoms with E-state index in [0.29, 0.717) is 30.2 Å². The third-order valence-corrected chi connectivity index (χ3v) is 3.60. The summed E-state index contributed by atoms with van der Waals surface area (Å²) in [5.41, 5.74) is 1.41. The van der Waals surface area contributed by atoms with Crippen LogP contribution in [0.2, 0.25) is 0 Å². The lowest BCUT2D eigenvalue weighted by Gasteiger charge is -2.21. The van der Waals surface area contributed by atoms with Gasteiger partial charge in [0.05, 0.1) is 18.7 Å². The zero-order chi connectivity index (χ0) is 20.6. The van der Waals surface area contributed by atoms with E-state index in [-0.39, 0.29) is 12.4 Å². The van der Waals surface area contributed by atoms with Crippen molar-refractivity contribution in [1.29, 1.82) is 0 Å². The molecule has 0 atom stereocenters. The molecule has 0 aliphatic rings. The number of rotatable bonds is 7. The number of para-hydroxylation sites is 1. The van der Waals surface area contributed by atoms with Crippen LogP contribution >= 0.6 is 0 Å². The van der Waals surface area contributed by atoms with E-state index in [1.165, 1.54) is 0 Å². The van der Waals surface area contributed by atoms with Crippen LogP contribution in [-0.2, 0) is 27.3 Å². The summed E-state index contributed by atoms with van der Waals surface area (Å²) in [6.45, 7) is 7.72. The molecule has 0 radical (unpaired) electrons. The Bertz CT molecular complexity index is 796. The molecule has 1 amide bonds. The lowest BCUT2D eigenvalue weighted by atomic mass is 10.1. The SMILES string of the molecule is CCOC(=O)Cc1cccc(NC(=O)OC(C)(C)C)c1OCc1ccccc1. The van der Waals surface area contributed by atoms with Crippen LogP contribution in [0.15, 0.2) is 48.5 Å². The first-order valence-corrected chi connectivity index (χ1v) is 9.22. The van der Waals surface area contributed by atoms with Gasteiger partial charge in [-0.05, 0) is 39.3 Å². The van der Waals surface area contributed by atoms with Gasteiger partial charge in [-0.1, -0.05) is 42.5 Å². The first kappa shape index (κ1) is 21.3. The summed E-state index contributed by atoms with van der Waals surface area (Å²) >= 11 is 0. The van der Waals surface area contributed by atoms with Crippen LogP contribution in [0.4, 0.5) is 10.5 Å². The molecule has 2 aromatic rings. The van der Waals surface area contributed by atoms with Crippen LogP contribution in [0.5, 0.6) is 5.75 Å². The number of nitrogens with one attached hydrogen (secondary N) is 1. The van der Waals surface area contributed by atoms with Crippen molar-refractivity contribution in [2.75, 3.05) is 11.9 Å². The van der Waals surface area contributed by atoms with E-state index < -0.39 is 11.7 Å². The molecule has 0 aliphatic carbocycles. The van der Waals surface area contributed by atoms with E-state index in [0.717, 1.165) is 5.56 Å². The zero-order valence-electron chi connectivity index (χ0n) is 16.8. The van der Waals surface area contributed by atoms with E-state index in [1.54, 1.807) is 45.9 Å². The van der Waals surface area contributed by atoms with Gasteiger partial charge in [0, 0.05) is 5.56 Å². The molecule has 0 saturated heterocycles. The molecule has 0 aliphatic heterocycles. The van der Waals surface area contributed by atoms with Gasteiger partial charge in [-0.25, -0.2) is 4.79 Å². The largest absolute Gasteiger partial charge is 0.486 e. The third kappa shape index (κ3) is 6.95. The van der Waals surface area contributed by atoms with Gasteiger partial charge < -0.3 is 14.2 Å². The smallest absolute Gasteiger partial charge is 0.412 e. The average Bonchev–Trinajstić information content (AvgIpc) is 2.60. The van der Waals surface area contributed by atoms with Gasteiger partial charge in [0.15, 0.2) is 0 Å². The minimum absolute atomic E-state index is 0.0435. The van der Waals surface area contributed by atoms with Gasteiger partial charge in [0.25, 0.3) is 0 Å². The van der Waals surface area contributed by atoms with E-state index in [9.17, 15) is 9.59 Å². The van der Waals surface area contributed by atoms with Gasteiger partial charge in [0.2, 0.25) is 0 Å². The highest BCUT2D eigenvalue weighted by Gasteiger charge is 2.20. The summed E-state index contributed by atoms with van der Waals surface area (Å²) < 4.78 is 16.4. The number of carbonyl (C=O) groups is 2. The minimum Gasteiger partial charge on any atom is -0.486 e. The molecule has 6 nitrogen and oxygen atoms in total. The number of amides is 1. The Hall–Kier alpha value is -3.02. The van der Waals surface area contributed by atoms with Crippen LogP contribution in [0.1, 0.15) is 38.8 Å². The minimum atomic E-state index is -0.627. The quantitative estimate of drug-likeness (QED) is 0.698. The van der Waals surface area contributed by atoms with E-state index in [4.69, 9.17) is 14.2 Å². The summed E-state index contributed by atoms with van der Waals surface area (Å²) in [5.74, 6) is 0.0618. The third-order valence-electron chi connectivity index (χ3n) is 3.60. The molecule has 0 bridgehead atoms. The molecule has 1 N–H and O–H groups in total. The van der Waals surface area contributed by atoms with Crippen LogP contribution < -0.4 is 10.1 Å². The molecule has 28 heavy (non-hydrogen) atoms. The van der Waals surface area contributed by atoms with Gasteiger partial charge >= 0.3 is 12.1 Å². The zero-order valence-corrected chi connectivity index (χ0v) is 16.8. The lowest BCUT2D eigenvalue weighted by molar-refractivity contribution is -0.142. The van der Waals surface area contributed by atoms with Crippen molar-refractivity contribution in [3.63, 3.8) is 0 Å². The highest BCUT2D eigenvalue weighted by atomic mass is 16.6. The Morgan fingerprint density at radius 2 is 1.71 bits per heavy atom. The van der Waals surface area contributed by atoms with E-state index >= 15 is 0 Å². The Balaban J connectivity index is 2.26. The van der Waals surface area contributed by atoms with Crippen LogP contribution in [-0.4, -0.2) is 24.3 Å². The molecular formula is C22H27NO5. The predicted molar refractivity (Wildman–Crippen MR) is 107 cm³/mol. The monoisotopic (exact) mass is 385 g/mol. The highest BCUT2D eigenvalue weighted by molar-refractivity contribution is 5.88. The van der Waals surface area contributed by atoms with Crippen molar-refractivity contribution in [1.82, 2.24) is 0 Å². The van der Waals surface area contributed by atoms with Crippen LogP contribution in [0.3, 0.4) is 0 Å². The molecule has 150 valence electrons. The number of esters is 1. The molecule has 2 aromatic carbocycles. The first-order valence-electron chi connectivity index (χ1n) is 9.22. The number of hydrogen-bond acceptors (Lipinski definition) is 5. The summed E-state index contributed by atoms with van der Waals surface area (Å²) in [6, 6.07) is 14.9. The number of ether oxygens (including phenoxy) is 3. The van der Waals surface area contributed by atoms with Crippen LogP contribution in [0.25, 0.3) is 0 Å². The molecule has 0 saturated carbocycles. The van der Waals surface area contributed by atoms with E-state index in [2.05, 4.69) is 5.32 Å². The summed E-state index contributed by atoms with van der Waals surface area (Å²) in [4.78, 5) is 24.2. The molecule has 6 heteroatoms. The van der Waals surface area contributed by atoms with Crippen molar-refractivity contribution < 1.29 is 23.8 Å². The number of anilines is 1. The second-order valence-electron chi connectivity index (χ2n) is 7.18. The Morgan fingerprint density at radius 1 is 1.00 bits per heavy atom. The molecule has 0 fully saturated rings. The lowest BCUT2D eigenvalue weighted by Crippen LogP contribution is -2.27. The first-order chi connectivity index (χ1) is 13.3. The van der Waals surface area contributed by atoms with Crippen molar-refractivity contribution in [3.05, 3.63) is 59.7 Å². The van der Waals surface area contributed by atoms with Crippen molar-refractivity contribution in [2.45, 2.75) is 46.3 Å². The Morgan fingerprint density at radius 3 is 2.36 bits per heavy atom. The Kier molecular flexibility index (Phi) is 7.44. The molecule has 0 spiro atoms. The van der Waals surface area contributed by atoms with Gasteiger partial charge in [-0.3, -0.25) is 10.1 Å². The summed E-state index contributed by atoms with van der Waals surface area (Å²) in [6.07, 6.45) is -0.549. The molecule has 0 unspecified atom stereocenters. The van der Waals surface area contributed by atoms with E-state index in [1.807, 2.05) is 30.3 Å². The molecular weight excluding hydrogens is 358 g/mol. The maximum Gasteiger partial charge on any atom is 0.412 e. The highest BCUT2D eigenvalue weighted by Crippen LogP contribution is 2.31. The van der Waals surface area contributed by atoms with Crippen molar-refractivity contribution in [2.24, 2.45) is 0 Å². The van der Waals surface area contributed by atoms with Crippen molar-refractivity contribution >= 4 is 17.7 Å². The van der Waals surface area contributed by atoms with Gasteiger partial charge in [-0.15, -0.1) is 0 Å². The van der Waals surface area contributed by atoms with Gasteiger partial charge in [0.1, 0.15) is 18.0 Å². The van der Waals surface area contributed by atoms with Crippen LogP contribution in [0, 0.1) is 0 Å². The second kappa shape index (κ2) is 9.78. The molecule has 0 heterocycles. The maximum absolute atomic E-state index is 12.2. The molecule has 0 aromatic heterocycles. The van der Waals surface area contributed by atoms with Crippen molar-refractivity contribution in [3.8, 4) is 5.75 Å². The number of carbonyl (C=O) groups excluding carboxylic acids is 2. The number of hydrogen-bond donors (Lipinski definition) is 1. The summed E-state index contributed by atoms with van der Waals surface area (Å²) in [5, 5.41) is 2.71.